The molecule has 0 N–H and O–H groups in total. The van der Waals surface area contributed by atoms with Crippen LogP contribution < -0.4 is 4.90 Å². The minimum Gasteiger partial charge on any atom is -0.361 e. The summed E-state index contributed by atoms with van der Waals surface area (Å²) in [6.07, 6.45) is 4.54. The lowest BCUT2D eigenvalue weighted by Gasteiger charge is -2.34. The average molecular weight is 466 g/mol. The van der Waals surface area contributed by atoms with Gasteiger partial charge in [-0.25, -0.2) is 4.98 Å². The van der Waals surface area contributed by atoms with E-state index in [4.69, 9.17) is 9.51 Å². The number of anilines is 1. The summed E-state index contributed by atoms with van der Waals surface area (Å²) in [7, 11) is 0. The highest BCUT2D eigenvalue weighted by molar-refractivity contribution is 7.15. The van der Waals surface area contributed by atoms with E-state index in [1.165, 1.54) is 23.4 Å². The molecule has 2 aromatic heterocycles. The molecule has 0 bridgehead atoms. The van der Waals surface area contributed by atoms with Gasteiger partial charge < -0.3 is 4.52 Å². The van der Waals surface area contributed by atoms with Crippen molar-refractivity contribution in [3.8, 4) is 0 Å². The lowest BCUT2D eigenvalue weighted by Crippen LogP contribution is -2.49. The Morgan fingerprint density at radius 2 is 1.85 bits per heavy atom. The minimum absolute atomic E-state index is 0.130. The molecule has 2 aliphatic rings. The van der Waals surface area contributed by atoms with Gasteiger partial charge in [0, 0.05) is 43.7 Å². The third-order valence-electron chi connectivity index (χ3n) is 6.44. The molecule has 0 radical (unpaired) electrons. The Morgan fingerprint density at radius 1 is 1.09 bits per heavy atom. The van der Waals surface area contributed by atoms with Crippen molar-refractivity contribution in [1.29, 1.82) is 0 Å². The van der Waals surface area contributed by atoms with E-state index in [-0.39, 0.29) is 5.91 Å². The molecule has 3 heterocycles. The number of amides is 1. The Bertz CT molecular complexity index is 1050. The lowest BCUT2D eigenvalue weighted by molar-refractivity contribution is -0.120. The first kappa shape index (κ1) is 22.3. The van der Waals surface area contributed by atoms with Gasteiger partial charge in [-0.15, -0.1) is 11.3 Å². The second-order valence-electron chi connectivity index (χ2n) is 9.02. The maximum atomic E-state index is 13.5. The van der Waals surface area contributed by atoms with E-state index in [1.54, 1.807) is 11.3 Å². The van der Waals surface area contributed by atoms with Gasteiger partial charge >= 0.3 is 0 Å². The molecule has 7 nitrogen and oxygen atoms in total. The molecule has 33 heavy (non-hydrogen) atoms. The molecule has 8 heteroatoms. The molecule has 1 aromatic carbocycles. The van der Waals surface area contributed by atoms with E-state index in [0.29, 0.717) is 13.1 Å². The summed E-state index contributed by atoms with van der Waals surface area (Å²) in [6, 6.07) is 12.2. The van der Waals surface area contributed by atoms with E-state index in [9.17, 15) is 4.79 Å². The molecule has 1 fully saturated rings. The van der Waals surface area contributed by atoms with E-state index >= 15 is 0 Å². The number of piperazine rings is 1. The molecule has 0 atom stereocenters. The molecule has 1 aliphatic carbocycles. The number of rotatable bonds is 7. The highest BCUT2D eigenvalue weighted by Crippen LogP contribution is 2.32. The number of nitrogens with zero attached hydrogens (tertiary/aromatic N) is 5. The second-order valence-corrected chi connectivity index (χ2v) is 10.1. The van der Waals surface area contributed by atoms with Crippen LogP contribution in [0.25, 0.3) is 0 Å². The standard InChI is InChI=1S/C25H31N5O2S/c1-19-15-21(27-32-19)17-28-11-13-29(14-12-28)18-24(31)30(16-20-7-3-2-4-8-20)25-26-22-9-5-6-10-23(22)33-25/h2-4,7-8,15H,5-6,9-14,16-18H2,1H3. The summed E-state index contributed by atoms with van der Waals surface area (Å²) >= 11 is 1.71. The maximum absolute atomic E-state index is 13.5. The van der Waals surface area contributed by atoms with Crippen molar-refractivity contribution < 1.29 is 9.32 Å². The number of carbonyl (C=O) groups excluding carboxylic acids is 1. The van der Waals surface area contributed by atoms with Gasteiger partial charge in [-0.2, -0.15) is 0 Å². The number of carbonyl (C=O) groups is 1. The molecule has 1 saturated heterocycles. The molecule has 3 aromatic rings. The van der Waals surface area contributed by atoms with Crippen molar-refractivity contribution in [1.82, 2.24) is 19.9 Å². The Hall–Kier alpha value is -2.55. The molecule has 0 saturated carbocycles. The van der Waals surface area contributed by atoms with Crippen LogP contribution in [0.15, 0.2) is 40.9 Å². The zero-order valence-corrected chi connectivity index (χ0v) is 20.0. The molecule has 0 unspecified atom stereocenters. The van der Waals surface area contributed by atoms with Crippen LogP contribution in [0, 0.1) is 6.92 Å². The Balaban J connectivity index is 1.24. The summed E-state index contributed by atoms with van der Waals surface area (Å²) < 4.78 is 5.18. The fraction of sp³-hybridized carbons (Fsp3) is 0.480. The zero-order chi connectivity index (χ0) is 22.6. The van der Waals surface area contributed by atoms with Gasteiger partial charge in [0.2, 0.25) is 5.91 Å². The van der Waals surface area contributed by atoms with Crippen molar-refractivity contribution in [2.45, 2.75) is 45.7 Å². The minimum atomic E-state index is 0.130. The van der Waals surface area contributed by atoms with Crippen LogP contribution >= 0.6 is 11.3 Å². The van der Waals surface area contributed by atoms with Crippen molar-refractivity contribution >= 4 is 22.4 Å². The van der Waals surface area contributed by atoms with Crippen molar-refractivity contribution in [3.63, 3.8) is 0 Å². The van der Waals surface area contributed by atoms with Crippen LogP contribution in [0.3, 0.4) is 0 Å². The number of aromatic nitrogens is 2. The van der Waals surface area contributed by atoms with E-state index in [1.807, 2.05) is 36.1 Å². The summed E-state index contributed by atoms with van der Waals surface area (Å²) in [5.41, 5.74) is 3.30. The van der Waals surface area contributed by atoms with E-state index in [2.05, 4.69) is 27.1 Å². The van der Waals surface area contributed by atoms with Crippen LogP contribution in [-0.2, 0) is 30.7 Å². The molecule has 174 valence electrons. The van der Waals surface area contributed by atoms with Gasteiger partial charge in [-0.05, 0) is 38.2 Å². The Labute approximate surface area is 199 Å². The highest BCUT2D eigenvalue weighted by Gasteiger charge is 2.26. The lowest BCUT2D eigenvalue weighted by atomic mass is 10.0. The number of hydrogen-bond donors (Lipinski definition) is 0. The van der Waals surface area contributed by atoms with Crippen LogP contribution in [0.5, 0.6) is 0 Å². The predicted octanol–water partition coefficient (Wildman–Crippen LogP) is 3.67. The average Bonchev–Trinajstić information content (AvgIpc) is 3.45. The summed E-state index contributed by atoms with van der Waals surface area (Å²) in [4.78, 5) is 26.3. The monoisotopic (exact) mass is 465 g/mol. The predicted molar refractivity (Wildman–Crippen MR) is 129 cm³/mol. The number of thiazole rings is 1. The van der Waals surface area contributed by atoms with E-state index < -0.39 is 0 Å². The van der Waals surface area contributed by atoms with Gasteiger partial charge in [-0.3, -0.25) is 19.5 Å². The van der Waals surface area contributed by atoms with Gasteiger partial charge in [-0.1, -0.05) is 35.5 Å². The van der Waals surface area contributed by atoms with E-state index in [0.717, 1.165) is 67.7 Å². The van der Waals surface area contributed by atoms with Crippen molar-refractivity contribution in [3.05, 3.63) is 64.0 Å². The second kappa shape index (κ2) is 10.2. The van der Waals surface area contributed by atoms with Gasteiger partial charge in [0.1, 0.15) is 5.76 Å². The first-order valence-electron chi connectivity index (χ1n) is 11.8. The summed E-state index contributed by atoms with van der Waals surface area (Å²) in [5.74, 6) is 0.974. The molecule has 1 aliphatic heterocycles. The third kappa shape index (κ3) is 5.51. The third-order valence-corrected chi connectivity index (χ3v) is 7.62. The van der Waals surface area contributed by atoms with Gasteiger partial charge in [0.15, 0.2) is 5.13 Å². The SMILES string of the molecule is Cc1cc(CN2CCN(CC(=O)N(Cc3ccccc3)c3nc4c(s3)CCCC4)CC2)no1. The Kier molecular flexibility index (Phi) is 6.85. The van der Waals surface area contributed by atoms with Crippen LogP contribution in [0.2, 0.25) is 0 Å². The van der Waals surface area contributed by atoms with Crippen LogP contribution in [0.4, 0.5) is 5.13 Å². The van der Waals surface area contributed by atoms with Gasteiger partial charge in [0.05, 0.1) is 24.5 Å². The first-order chi connectivity index (χ1) is 16.1. The number of benzene rings is 1. The fourth-order valence-electron chi connectivity index (χ4n) is 4.59. The topological polar surface area (TPSA) is 65.7 Å². The normalized spacial score (nSPS) is 17.1. The van der Waals surface area contributed by atoms with Crippen LogP contribution in [-0.4, -0.2) is 58.6 Å². The first-order valence-corrected chi connectivity index (χ1v) is 12.7. The maximum Gasteiger partial charge on any atom is 0.243 e. The smallest absolute Gasteiger partial charge is 0.243 e. The highest BCUT2D eigenvalue weighted by atomic mass is 32.1. The largest absolute Gasteiger partial charge is 0.361 e. The molecule has 1 amide bonds. The number of aryl methyl sites for hydroxylation is 3. The van der Waals surface area contributed by atoms with Gasteiger partial charge in [0.25, 0.3) is 0 Å². The summed E-state index contributed by atoms with van der Waals surface area (Å²) in [6.45, 7) is 7.29. The molecular formula is C25H31N5O2S. The van der Waals surface area contributed by atoms with Crippen LogP contribution in [0.1, 0.15) is 40.4 Å². The Morgan fingerprint density at radius 3 is 2.58 bits per heavy atom. The zero-order valence-electron chi connectivity index (χ0n) is 19.2. The fourth-order valence-corrected chi connectivity index (χ4v) is 5.75. The van der Waals surface area contributed by atoms with Crippen molar-refractivity contribution in [2.75, 3.05) is 37.6 Å². The quantitative estimate of drug-likeness (QED) is 0.531. The molecular weight excluding hydrogens is 434 g/mol. The molecule has 5 rings (SSSR count). The summed E-state index contributed by atoms with van der Waals surface area (Å²) in [5, 5.41) is 4.96. The molecule has 0 spiro atoms. The number of fused-ring (bicyclic) bond motifs is 1. The number of hydrogen-bond acceptors (Lipinski definition) is 7. The van der Waals surface area contributed by atoms with Crippen molar-refractivity contribution in [2.24, 2.45) is 0 Å².